The average Bonchev–Trinajstić information content (AvgIpc) is 2.85. The van der Waals surface area contributed by atoms with E-state index in [0.717, 1.165) is 35.5 Å². The number of imide groups is 2. The third-order valence-corrected chi connectivity index (χ3v) is 5.50. The molecule has 2 atom stereocenters. The zero-order chi connectivity index (χ0) is 19.7. The van der Waals surface area contributed by atoms with Gasteiger partial charge in [-0.1, -0.05) is 19.8 Å². The van der Waals surface area contributed by atoms with E-state index in [9.17, 15) is 19.2 Å². The topological polar surface area (TPSA) is 84.0 Å². The zero-order valence-electron chi connectivity index (χ0n) is 15.9. The fourth-order valence-electron chi connectivity index (χ4n) is 3.93. The van der Waals surface area contributed by atoms with Crippen molar-refractivity contribution in [1.82, 2.24) is 9.80 Å². The lowest BCUT2D eigenvalue weighted by molar-refractivity contribution is -0.144. The Labute approximate surface area is 158 Å². The van der Waals surface area contributed by atoms with Crippen molar-refractivity contribution in [3.05, 3.63) is 29.3 Å². The van der Waals surface area contributed by atoms with Crippen LogP contribution in [0.1, 0.15) is 55.5 Å². The van der Waals surface area contributed by atoms with E-state index >= 15 is 0 Å². The van der Waals surface area contributed by atoms with Crippen molar-refractivity contribution in [3.8, 4) is 5.75 Å². The summed E-state index contributed by atoms with van der Waals surface area (Å²) in [5, 5.41) is 0. The largest absolute Gasteiger partial charge is 0.496 e. The van der Waals surface area contributed by atoms with Crippen LogP contribution in [0.5, 0.6) is 5.75 Å². The molecule has 1 saturated heterocycles. The first-order chi connectivity index (χ1) is 12.8. The molecule has 1 aliphatic heterocycles. The minimum Gasteiger partial charge on any atom is -0.496 e. The van der Waals surface area contributed by atoms with Crippen molar-refractivity contribution in [2.45, 2.75) is 52.1 Å². The molecule has 2 aliphatic rings. The van der Waals surface area contributed by atoms with E-state index in [1.807, 2.05) is 6.92 Å². The van der Waals surface area contributed by atoms with Gasteiger partial charge in [0.25, 0.3) is 0 Å². The number of nitrogens with zero attached hydrogens (tertiary/aromatic N) is 2. The molecule has 0 unspecified atom stereocenters. The summed E-state index contributed by atoms with van der Waals surface area (Å²) in [6.07, 6.45) is 3.67. The Morgan fingerprint density at radius 3 is 2.48 bits per heavy atom. The molecule has 1 saturated carbocycles. The quantitative estimate of drug-likeness (QED) is 0.451. The maximum absolute atomic E-state index is 12.9. The number of benzene rings is 1. The number of Topliss-reactive ketones (excluding diaryl/α,β-unsaturated/α-hetero) is 1. The summed E-state index contributed by atoms with van der Waals surface area (Å²) in [5.41, 5.74) is 0.965. The van der Waals surface area contributed by atoms with Crippen LogP contribution >= 0.6 is 0 Å². The van der Waals surface area contributed by atoms with Gasteiger partial charge >= 0.3 is 17.8 Å². The second kappa shape index (κ2) is 7.50. The Hall–Kier alpha value is -2.70. The molecule has 0 radical (unpaired) electrons. The van der Waals surface area contributed by atoms with Crippen LogP contribution in [-0.4, -0.2) is 46.6 Å². The molecule has 2 fully saturated rings. The maximum Gasteiger partial charge on any atom is 0.334 e. The van der Waals surface area contributed by atoms with Gasteiger partial charge in [-0.25, -0.2) is 4.79 Å². The Kier molecular flexibility index (Phi) is 5.30. The molecule has 27 heavy (non-hydrogen) atoms. The normalized spacial score (nSPS) is 23.1. The maximum atomic E-state index is 12.9. The summed E-state index contributed by atoms with van der Waals surface area (Å²) < 4.78 is 5.29. The molecular formula is C20H24N2O5. The number of methoxy groups -OCH3 is 1. The van der Waals surface area contributed by atoms with Crippen LogP contribution in [0.2, 0.25) is 0 Å². The Balaban J connectivity index is 1.88. The summed E-state index contributed by atoms with van der Waals surface area (Å²) in [6, 6.07) is 4.02. The predicted molar refractivity (Wildman–Crippen MR) is 97.2 cm³/mol. The van der Waals surface area contributed by atoms with E-state index in [1.165, 1.54) is 14.0 Å². The number of carbonyl (C=O) groups is 4. The number of hydrogen-bond acceptors (Lipinski definition) is 5. The van der Waals surface area contributed by atoms with Gasteiger partial charge in [0.15, 0.2) is 5.78 Å². The summed E-state index contributed by atoms with van der Waals surface area (Å²) in [6.45, 7) is 3.34. The Bertz CT molecular complexity index is 804. The van der Waals surface area contributed by atoms with Gasteiger partial charge in [0.2, 0.25) is 0 Å². The van der Waals surface area contributed by atoms with Gasteiger partial charge in [0, 0.05) is 17.2 Å². The molecule has 0 N–H and O–H groups in total. The molecule has 144 valence electrons. The van der Waals surface area contributed by atoms with Gasteiger partial charge in [-0.05, 0) is 43.9 Å². The number of urea groups is 1. The third-order valence-electron chi connectivity index (χ3n) is 5.50. The molecule has 4 amide bonds. The van der Waals surface area contributed by atoms with Crippen molar-refractivity contribution < 1.29 is 23.9 Å². The van der Waals surface area contributed by atoms with Gasteiger partial charge in [0.1, 0.15) is 5.75 Å². The van der Waals surface area contributed by atoms with Crippen LogP contribution in [-0.2, 0) is 16.1 Å². The van der Waals surface area contributed by atoms with Crippen molar-refractivity contribution in [1.29, 1.82) is 0 Å². The van der Waals surface area contributed by atoms with Crippen molar-refractivity contribution in [2.75, 3.05) is 7.11 Å². The number of ketones is 1. The second-order valence-corrected chi connectivity index (χ2v) is 7.26. The fourth-order valence-corrected chi connectivity index (χ4v) is 3.93. The summed E-state index contributed by atoms with van der Waals surface area (Å²) in [4.78, 5) is 51.7. The van der Waals surface area contributed by atoms with E-state index in [4.69, 9.17) is 4.74 Å². The number of ether oxygens (including phenoxy) is 1. The van der Waals surface area contributed by atoms with Gasteiger partial charge in [-0.2, -0.15) is 0 Å². The molecular weight excluding hydrogens is 348 g/mol. The lowest BCUT2D eigenvalue weighted by Gasteiger charge is -2.34. The first kappa shape index (κ1) is 19.1. The molecule has 0 aromatic heterocycles. The van der Waals surface area contributed by atoms with Gasteiger partial charge < -0.3 is 4.74 Å². The zero-order valence-corrected chi connectivity index (χ0v) is 15.9. The van der Waals surface area contributed by atoms with Gasteiger partial charge in [-0.3, -0.25) is 24.2 Å². The smallest absolute Gasteiger partial charge is 0.334 e. The van der Waals surface area contributed by atoms with Gasteiger partial charge in [-0.15, -0.1) is 0 Å². The van der Waals surface area contributed by atoms with E-state index in [0.29, 0.717) is 16.9 Å². The predicted octanol–water partition coefficient (Wildman–Crippen LogP) is 2.77. The Morgan fingerprint density at radius 1 is 1.15 bits per heavy atom. The molecule has 1 aliphatic carbocycles. The number of amides is 4. The molecule has 1 aromatic carbocycles. The first-order valence-corrected chi connectivity index (χ1v) is 9.22. The monoisotopic (exact) mass is 372 g/mol. The molecule has 1 heterocycles. The molecule has 0 bridgehead atoms. The summed E-state index contributed by atoms with van der Waals surface area (Å²) in [7, 11) is 1.47. The average molecular weight is 372 g/mol. The van der Waals surface area contributed by atoms with Gasteiger partial charge in [0.05, 0.1) is 13.7 Å². The van der Waals surface area contributed by atoms with Crippen LogP contribution < -0.4 is 4.74 Å². The highest BCUT2D eigenvalue weighted by Crippen LogP contribution is 2.32. The molecule has 0 spiro atoms. The fraction of sp³-hybridized carbons (Fsp3) is 0.500. The SMILES string of the molecule is COc1ccc(C(C)=O)cc1CN1C(=O)C(=O)N([C@H]2CCCC[C@H]2C)C1=O. The van der Waals surface area contributed by atoms with E-state index in [2.05, 4.69) is 0 Å². The van der Waals surface area contributed by atoms with Crippen LogP contribution in [0.3, 0.4) is 0 Å². The lowest BCUT2D eigenvalue weighted by Crippen LogP contribution is -2.46. The second-order valence-electron chi connectivity index (χ2n) is 7.26. The summed E-state index contributed by atoms with van der Waals surface area (Å²) in [5.74, 6) is -1.09. The van der Waals surface area contributed by atoms with Crippen molar-refractivity contribution in [2.24, 2.45) is 5.92 Å². The third kappa shape index (κ3) is 3.46. The number of rotatable bonds is 5. The highest BCUT2D eigenvalue weighted by atomic mass is 16.5. The van der Waals surface area contributed by atoms with Crippen LogP contribution in [0.4, 0.5) is 4.79 Å². The standard InChI is InChI=1S/C20H24N2O5/c1-12-6-4-5-7-16(12)22-19(25)18(24)21(20(22)26)11-15-10-14(13(2)23)8-9-17(15)27-3/h8-10,12,16H,4-7,11H2,1-3H3/t12-,16+/m1/s1. The minimum absolute atomic E-state index is 0.106. The highest BCUT2D eigenvalue weighted by molar-refractivity contribution is 6.44. The first-order valence-electron chi connectivity index (χ1n) is 9.22. The van der Waals surface area contributed by atoms with Crippen LogP contribution in [0, 0.1) is 5.92 Å². The van der Waals surface area contributed by atoms with E-state index in [-0.39, 0.29) is 24.3 Å². The Morgan fingerprint density at radius 2 is 1.85 bits per heavy atom. The number of carbonyl (C=O) groups excluding carboxylic acids is 4. The molecule has 7 nitrogen and oxygen atoms in total. The summed E-state index contributed by atoms with van der Waals surface area (Å²) >= 11 is 0. The minimum atomic E-state index is -0.826. The van der Waals surface area contributed by atoms with Crippen LogP contribution in [0.25, 0.3) is 0 Å². The molecule has 7 heteroatoms. The van der Waals surface area contributed by atoms with E-state index < -0.39 is 17.8 Å². The highest BCUT2D eigenvalue weighted by Gasteiger charge is 2.49. The van der Waals surface area contributed by atoms with Crippen molar-refractivity contribution in [3.63, 3.8) is 0 Å². The number of hydrogen-bond donors (Lipinski definition) is 0. The van der Waals surface area contributed by atoms with Crippen molar-refractivity contribution >= 4 is 23.6 Å². The lowest BCUT2D eigenvalue weighted by atomic mass is 9.85. The van der Waals surface area contributed by atoms with Crippen LogP contribution in [0.15, 0.2) is 18.2 Å². The molecule has 3 rings (SSSR count). The molecule has 1 aromatic rings. The van der Waals surface area contributed by atoms with E-state index in [1.54, 1.807) is 18.2 Å².